The lowest BCUT2D eigenvalue weighted by molar-refractivity contribution is -0.274. The molecule has 0 radical (unpaired) electrons. The largest absolute Gasteiger partial charge is 0.573 e. The van der Waals surface area contributed by atoms with Gasteiger partial charge < -0.3 is 14.5 Å². The number of aromatic nitrogens is 1. The standard InChI is InChI=1S/C21H20F3N3O3/c22-21(23,24)30-16-7-5-15(6-8-16)25-19(28)13-27-11-9-14(10-12-27)20-26-17-3-1-2-4-18(17)29-20/h1-8,14H,9-13H2,(H,25,28). The summed E-state index contributed by atoms with van der Waals surface area (Å²) >= 11 is 0. The first kappa shape index (κ1) is 20.2. The molecule has 6 nitrogen and oxygen atoms in total. The van der Waals surface area contributed by atoms with Crippen LogP contribution in [-0.2, 0) is 4.79 Å². The summed E-state index contributed by atoms with van der Waals surface area (Å²) in [6.45, 7) is 1.67. The van der Waals surface area contributed by atoms with Crippen molar-refractivity contribution in [2.75, 3.05) is 25.0 Å². The number of alkyl halides is 3. The van der Waals surface area contributed by atoms with Gasteiger partial charge >= 0.3 is 6.36 Å². The highest BCUT2D eigenvalue weighted by molar-refractivity contribution is 5.92. The van der Waals surface area contributed by atoms with Crippen molar-refractivity contribution in [3.8, 4) is 5.75 Å². The number of carbonyl (C=O) groups is 1. The van der Waals surface area contributed by atoms with Crippen molar-refractivity contribution in [3.05, 3.63) is 54.4 Å². The Labute approximate surface area is 170 Å². The molecule has 0 spiro atoms. The van der Waals surface area contributed by atoms with Gasteiger partial charge in [0.15, 0.2) is 11.5 Å². The Morgan fingerprint density at radius 2 is 1.83 bits per heavy atom. The first-order chi connectivity index (χ1) is 14.4. The summed E-state index contributed by atoms with van der Waals surface area (Å²) < 4.78 is 46.3. The summed E-state index contributed by atoms with van der Waals surface area (Å²) in [7, 11) is 0. The molecule has 1 saturated heterocycles. The van der Waals surface area contributed by atoms with E-state index in [0.717, 1.165) is 55.1 Å². The zero-order chi connectivity index (χ0) is 21.1. The fraction of sp³-hybridized carbons (Fsp3) is 0.333. The number of para-hydroxylation sites is 2. The molecule has 158 valence electrons. The molecule has 2 aromatic carbocycles. The molecule has 0 atom stereocenters. The number of oxazole rings is 1. The van der Waals surface area contributed by atoms with E-state index >= 15 is 0 Å². The van der Waals surface area contributed by atoms with E-state index in [2.05, 4.69) is 15.0 Å². The molecular weight excluding hydrogens is 399 g/mol. The van der Waals surface area contributed by atoms with Crippen LogP contribution in [0.1, 0.15) is 24.7 Å². The van der Waals surface area contributed by atoms with Crippen LogP contribution in [0.3, 0.4) is 0 Å². The number of carbonyl (C=O) groups excluding carboxylic acids is 1. The van der Waals surface area contributed by atoms with Crippen LogP contribution in [0.2, 0.25) is 0 Å². The minimum Gasteiger partial charge on any atom is -0.440 e. The minimum atomic E-state index is -4.74. The number of likely N-dealkylation sites (tertiary alicyclic amines) is 1. The van der Waals surface area contributed by atoms with Crippen LogP contribution in [-0.4, -0.2) is 41.8 Å². The van der Waals surface area contributed by atoms with Crippen LogP contribution in [0.15, 0.2) is 52.9 Å². The maximum absolute atomic E-state index is 12.3. The van der Waals surface area contributed by atoms with E-state index in [0.29, 0.717) is 5.69 Å². The molecule has 4 rings (SSSR count). The van der Waals surface area contributed by atoms with Crippen LogP contribution in [0, 0.1) is 0 Å². The van der Waals surface area contributed by atoms with Gasteiger partial charge in [-0.15, -0.1) is 13.2 Å². The predicted molar refractivity (Wildman–Crippen MR) is 104 cm³/mol. The maximum atomic E-state index is 12.3. The molecule has 1 fully saturated rings. The van der Waals surface area contributed by atoms with E-state index in [9.17, 15) is 18.0 Å². The lowest BCUT2D eigenvalue weighted by Gasteiger charge is -2.29. The van der Waals surface area contributed by atoms with Crippen molar-refractivity contribution in [1.82, 2.24) is 9.88 Å². The quantitative estimate of drug-likeness (QED) is 0.658. The summed E-state index contributed by atoms with van der Waals surface area (Å²) in [5.41, 5.74) is 2.04. The summed E-state index contributed by atoms with van der Waals surface area (Å²) in [5, 5.41) is 2.69. The molecule has 0 unspecified atom stereocenters. The first-order valence-corrected chi connectivity index (χ1v) is 9.59. The van der Waals surface area contributed by atoms with E-state index in [1.54, 1.807) is 0 Å². The number of anilines is 1. The van der Waals surface area contributed by atoms with Gasteiger partial charge in [-0.05, 0) is 62.3 Å². The van der Waals surface area contributed by atoms with Gasteiger partial charge in [-0.25, -0.2) is 4.98 Å². The average molecular weight is 419 g/mol. The number of fused-ring (bicyclic) bond motifs is 1. The Bertz CT molecular complexity index is 977. The monoisotopic (exact) mass is 419 g/mol. The van der Waals surface area contributed by atoms with Crippen LogP contribution in [0.4, 0.5) is 18.9 Å². The van der Waals surface area contributed by atoms with E-state index in [1.807, 2.05) is 29.2 Å². The molecule has 1 aliphatic heterocycles. The Kier molecular flexibility index (Phi) is 5.63. The van der Waals surface area contributed by atoms with Gasteiger partial charge in [0.2, 0.25) is 5.91 Å². The van der Waals surface area contributed by atoms with E-state index in [1.165, 1.54) is 12.1 Å². The molecule has 1 aromatic heterocycles. The Hall–Kier alpha value is -3.07. The molecule has 9 heteroatoms. The normalized spacial score (nSPS) is 16.0. The minimum absolute atomic E-state index is 0.209. The topological polar surface area (TPSA) is 67.6 Å². The van der Waals surface area contributed by atoms with Crippen molar-refractivity contribution < 1.29 is 27.1 Å². The average Bonchev–Trinajstić information content (AvgIpc) is 3.13. The second kappa shape index (κ2) is 8.35. The number of amides is 1. The molecule has 2 heterocycles. The van der Waals surface area contributed by atoms with Crippen LogP contribution < -0.4 is 10.1 Å². The number of nitrogens with zero attached hydrogens (tertiary/aromatic N) is 2. The van der Waals surface area contributed by atoms with E-state index in [4.69, 9.17) is 4.42 Å². The summed E-state index contributed by atoms with van der Waals surface area (Å²) in [6, 6.07) is 12.7. The van der Waals surface area contributed by atoms with Gasteiger partial charge in [-0.2, -0.15) is 0 Å². The molecular formula is C21H20F3N3O3. The first-order valence-electron chi connectivity index (χ1n) is 9.59. The molecule has 1 aliphatic rings. The highest BCUT2D eigenvalue weighted by atomic mass is 19.4. The number of ether oxygens (including phenoxy) is 1. The molecule has 0 saturated carbocycles. The van der Waals surface area contributed by atoms with Crippen LogP contribution in [0.5, 0.6) is 5.75 Å². The van der Waals surface area contributed by atoms with Gasteiger partial charge in [0.05, 0.1) is 6.54 Å². The van der Waals surface area contributed by atoms with Crippen molar-refractivity contribution in [3.63, 3.8) is 0 Å². The van der Waals surface area contributed by atoms with E-state index in [-0.39, 0.29) is 24.1 Å². The lowest BCUT2D eigenvalue weighted by Crippen LogP contribution is -2.38. The van der Waals surface area contributed by atoms with Gasteiger partial charge in [-0.3, -0.25) is 9.69 Å². The number of hydrogen-bond acceptors (Lipinski definition) is 5. The zero-order valence-electron chi connectivity index (χ0n) is 16.0. The number of hydrogen-bond donors (Lipinski definition) is 1. The highest BCUT2D eigenvalue weighted by Gasteiger charge is 2.31. The van der Waals surface area contributed by atoms with Crippen LogP contribution >= 0.6 is 0 Å². The SMILES string of the molecule is O=C(CN1CCC(c2nc3ccccc3o2)CC1)Nc1ccc(OC(F)(F)F)cc1. The van der Waals surface area contributed by atoms with Crippen molar-refractivity contribution in [1.29, 1.82) is 0 Å². The van der Waals surface area contributed by atoms with Gasteiger partial charge in [-0.1, -0.05) is 12.1 Å². The molecule has 0 aliphatic carbocycles. The Morgan fingerprint density at radius 1 is 1.13 bits per heavy atom. The summed E-state index contributed by atoms with van der Waals surface area (Å²) in [6.07, 6.45) is -3.07. The molecule has 30 heavy (non-hydrogen) atoms. The third-order valence-electron chi connectivity index (χ3n) is 4.99. The number of halogens is 3. The number of piperidine rings is 1. The van der Waals surface area contributed by atoms with Gasteiger partial charge in [0.25, 0.3) is 0 Å². The molecule has 1 N–H and O–H groups in total. The molecule has 3 aromatic rings. The van der Waals surface area contributed by atoms with Crippen molar-refractivity contribution >= 4 is 22.7 Å². The number of benzene rings is 2. The van der Waals surface area contributed by atoms with Crippen LogP contribution in [0.25, 0.3) is 11.1 Å². The molecule has 0 bridgehead atoms. The smallest absolute Gasteiger partial charge is 0.440 e. The second-order valence-electron chi connectivity index (χ2n) is 7.19. The molecule has 1 amide bonds. The third-order valence-corrected chi connectivity index (χ3v) is 4.99. The van der Waals surface area contributed by atoms with Gasteiger partial charge in [0.1, 0.15) is 11.3 Å². The van der Waals surface area contributed by atoms with E-state index < -0.39 is 6.36 Å². The Balaban J connectivity index is 1.26. The summed E-state index contributed by atoms with van der Waals surface area (Å²) in [4.78, 5) is 18.9. The third kappa shape index (κ3) is 5.10. The number of nitrogens with one attached hydrogen (secondary N) is 1. The van der Waals surface area contributed by atoms with Gasteiger partial charge in [0, 0.05) is 11.6 Å². The van der Waals surface area contributed by atoms with Crippen molar-refractivity contribution in [2.24, 2.45) is 0 Å². The predicted octanol–water partition coefficient (Wildman–Crippen LogP) is 4.54. The fourth-order valence-corrected chi connectivity index (χ4v) is 3.55. The Morgan fingerprint density at radius 3 is 2.50 bits per heavy atom. The summed E-state index contributed by atoms with van der Waals surface area (Å²) in [5.74, 6) is 0.404. The maximum Gasteiger partial charge on any atom is 0.573 e. The second-order valence-corrected chi connectivity index (χ2v) is 7.19. The number of rotatable bonds is 5. The zero-order valence-corrected chi connectivity index (χ0v) is 16.0. The van der Waals surface area contributed by atoms with Crippen molar-refractivity contribution in [2.45, 2.75) is 25.1 Å². The highest BCUT2D eigenvalue weighted by Crippen LogP contribution is 2.30. The lowest BCUT2D eigenvalue weighted by atomic mass is 9.97. The fourth-order valence-electron chi connectivity index (χ4n) is 3.55.